The minimum atomic E-state index is 0. The third kappa shape index (κ3) is 6.71. The van der Waals surface area contributed by atoms with E-state index in [0.29, 0.717) is 6.04 Å². The molecule has 2 fully saturated rings. The van der Waals surface area contributed by atoms with Crippen molar-refractivity contribution in [3.8, 4) is 5.75 Å². The molecule has 0 radical (unpaired) electrons. The van der Waals surface area contributed by atoms with E-state index < -0.39 is 0 Å². The molecular weight excluding hydrogens is 453 g/mol. The summed E-state index contributed by atoms with van der Waals surface area (Å²) >= 11 is 0. The summed E-state index contributed by atoms with van der Waals surface area (Å²) < 4.78 is 5.24. The van der Waals surface area contributed by atoms with Gasteiger partial charge in [0.05, 0.1) is 7.11 Å². The lowest BCUT2D eigenvalue weighted by Crippen LogP contribution is -2.47. The van der Waals surface area contributed by atoms with Crippen LogP contribution in [0.2, 0.25) is 0 Å². The largest absolute Gasteiger partial charge is 0.497 e. The number of guanidine groups is 1. The van der Waals surface area contributed by atoms with E-state index in [2.05, 4.69) is 44.5 Å². The SMILES string of the molecule is CN=C(NCCCN1CCN(c2ccc(OC)cc2)CC1)NC1CC1C.I. The number of piperazine rings is 1. The number of aliphatic imine (C=N–C) groups is 1. The van der Waals surface area contributed by atoms with Crippen molar-refractivity contribution in [2.45, 2.75) is 25.8 Å². The number of anilines is 1. The monoisotopic (exact) mass is 487 g/mol. The Morgan fingerprint density at radius 1 is 1.19 bits per heavy atom. The van der Waals surface area contributed by atoms with Crippen LogP contribution in [0.1, 0.15) is 19.8 Å². The first kappa shape index (κ1) is 22.1. The molecule has 2 aliphatic rings. The van der Waals surface area contributed by atoms with Gasteiger partial charge in [-0.1, -0.05) is 6.92 Å². The van der Waals surface area contributed by atoms with Crippen LogP contribution in [0.4, 0.5) is 5.69 Å². The zero-order chi connectivity index (χ0) is 18.4. The number of hydrogen-bond donors (Lipinski definition) is 2. The molecule has 1 aliphatic heterocycles. The van der Waals surface area contributed by atoms with Gasteiger partial charge in [-0.05, 0) is 49.6 Å². The molecule has 152 valence electrons. The van der Waals surface area contributed by atoms with Gasteiger partial charge in [0.1, 0.15) is 5.75 Å². The van der Waals surface area contributed by atoms with E-state index in [1.54, 1.807) is 7.11 Å². The maximum Gasteiger partial charge on any atom is 0.191 e. The number of nitrogens with zero attached hydrogens (tertiary/aromatic N) is 3. The van der Waals surface area contributed by atoms with Gasteiger partial charge in [0, 0.05) is 51.5 Å². The van der Waals surface area contributed by atoms with E-state index in [1.165, 1.54) is 12.1 Å². The number of ether oxygens (including phenoxy) is 1. The van der Waals surface area contributed by atoms with Crippen molar-refractivity contribution in [2.75, 3.05) is 58.3 Å². The van der Waals surface area contributed by atoms with Crippen LogP contribution in [0.25, 0.3) is 0 Å². The van der Waals surface area contributed by atoms with Crippen molar-refractivity contribution >= 4 is 35.6 Å². The molecule has 0 amide bonds. The normalized spacial score (nSPS) is 22.8. The van der Waals surface area contributed by atoms with Crippen LogP contribution >= 0.6 is 24.0 Å². The molecule has 1 saturated carbocycles. The van der Waals surface area contributed by atoms with Gasteiger partial charge in [0.2, 0.25) is 0 Å². The van der Waals surface area contributed by atoms with Crippen LogP contribution < -0.4 is 20.3 Å². The minimum absolute atomic E-state index is 0. The molecule has 0 bridgehead atoms. The van der Waals surface area contributed by atoms with Crippen molar-refractivity contribution in [1.82, 2.24) is 15.5 Å². The maximum absolute atomic E-state index is 5.24. The van der Waals surface area contributed by atoms with Gasteiger partial charge in [-0.25, -0.2) is 0 Å². The van der Waals surface area contributed by atoms with Crippen molar-refractivity contribution < 1.29 is 4.74 Å². The van der Waals surface area contributed by atoms with Crippen LogP contribution in [-0.2, 0) is 0 Å². The molecule has 1 aromatic carbocycles. The summed E-state index contributed by atoms with van der Waals surface area (Å²) in [7, 11) is 3.56. The minimum Gasteiger partial charge on any atom is -0.497 e. The molecular formula is C20H34IN5O. The highest BCUT2D eigenvalue weighted by atomic mass is 127. The second kappa shape index (κ2) is 10.9. The second-order valence-electron chi connectivity index (χ2n) is 7.34. The van der Waals surface area contributed by atoms with Crippen molar-refractivity contribution in [2.24, 2.45) is 10.9 Å². The van der Waals surface area contributed by atoms with E-state index in [1.807, 2.05) is 19.2 Å². The Balaban J connectivity index is 0.00000261. The number of hydrogen-bond acceptors (Lipinski definition) is 4. The molecule has 1 aliphatic carbocycles. The molecule has 1 aromatic rings. The molecule has 27 heavy (non-hydrogen) atoms. The first-order valence-corrected chi connectivity index (χ1v) is 9.78. The van der Waals surface area contributed by atoms with Crippen LogP contribution in [0.3, 0.4) is 0 Å². The summed E-state index contributed by atoms with van der Waals surface area (Å²) in [6, 6.07) is 9.00. The zero-order valence-corrected chi connectivity index (χ0v) is 19.1. The van der Waals surface area contributed by atoms with Gasteiger partial charge in [0.15, 0.2) is 5.96 Å². The van der Waals surface area contributed by atoms with Gasteiger partial charge in [-0.2, -0.15) is 0 Å². The molecule has 3 rings (SSSR count). The molecule has 1 heterocycles. The van der Waals surface area contributed by atoms with Gasteiger partial charge in [0.25, 0.3) is 0 Å². The summed E-state index contributed by atoms with van der Waals surface area (Å²) in [5.74, 6) is 2.65. The van der Waals surface area contributed by atoms with E-state index in [0.717, 1.165) is 63.3 Å². The molecule has 2 atom stereocenters. The fourth-order valence-corrected chi connectivity index (χ4v) is 3.43. The molecule has 0 aromatic heterocycles. The third-order valence-electron chi connectivity index (χ3n) is 5.41. The van der Waals surface area contributed by atoms with Gasteiger partial charge in [-0.3, -0.25) is 9.89 Å². The van der Waals surface area contributed by atoms with E-state index in [9.17, 15) is 0 Å². The van der Waals surface area contributed by atoms with Crippen LogP contribution in [0, 0.1) is 5.92 Å². The highest BCUT2D eigenvalue weighted by Crippen LogP contribution is 2.28. The molecule has 7 heteroatoms. The third-order valence-corrected chi connectivity index (χ3v) is 5.41. The number of methoxy groups -OCH3 is 1. The molecule has 1 saturated heterocycles. The van der Waals surface area contributed by atoms with Gasteiger partial charge < -0.3 is 20.3 Å². The Kier molecular flexibility index (Phi) is 8.95. The van der Waals surface area contributed by atoms with Crippen LogP contribution in [0.15, 0.2) is 29.3 Å². The van der Waals surface area contributed by atoms with E-state index >= 15 is 0 Å². The van der Waals surface area contributed by atoms with E-state index in [4.69, 9.17) is 4.74 Å². The molecule has 0 spiro atoms. The predicted molar refractivity (Wildman–Crippen MR) is 124 cm³/mol. The first-order valence-electron chi connectivity index (χ1n) is 9.78. The average molecular weight is 487 g/mol. The highest BCUT2D eigenvalue weighted by molar-refractivity contribution is 14.0. The summed E-state index contributed by atoms with van der Waals surface area (Å²) in [6.45, 7) is 8.80. The summed E-state index contributed by atoms with van der Waals surface area (Å²) in [5, 5.41) is 6.91. The fraction of sp³-hybridized carbons (Fsp3) is 0.650. The second-order valence-corrected chi connectivity index (χ2v) is 7.34. The number of benzene rings is 1. The highest BCUT2D eigenvalue weighted by Gasteiger charge is 2.33. The average Bonchev–Trinajstić information content (AvgIpc) is 3.39. The topological polar surface area (TPSA) is 52.1 Å². The lowest BCUT2D eigenvalue weighted by Gasteiger charge is -2.36. The quantitative estimate of drug-likeness (QED) is 0.268. The zero-order valence-electron chi connectivity index (χ0n) is 16.8. The molecule has 6 nitrogen and oxygen atoms in total. The predicted octanol–water partition coefficient (Wildman–Crippen LogP) is 2.40. The van der Waals surface area contributed by atoms with Crippen molar-refractivity contribution in [3.05, 3.63) is 24.3 Å². The Bertz CT molecular complexity index is 587. The summed E-state index contributed by atoms with van der Waals surface area (Å²) in [4.78, 5) is 9.32. The van der Waals surface area contributed by atoms with E-state index in [-0.39, 0.29) is 24.0 Å². The molecule has 2 N–H and O–H groups in total. The Hall–Kier alpha value is -1.22. The van der Waals surface area contributed by atoms with Crippen molar-refractivity contribution in [1.29, 1.82) is 0 Å². The van der Waals surface area contributed by atoms with Crippen LogP contribution in [0.5, 0.6) is 5.75 Å². The Labute approximate surface area is 180 Å². The van der Waals surface area contributed by atoms with Gasteiger partial charge >= 0.3 is 0 Å². The standard InChI is InChI=1S/C20H33N5O.HI/c1-16-15-19(16)23-20(21-2)22-9-4-10-24-11-13-25(14-12-24)17-5-7-18(26-3)8-6-17;/h5-8,16,19H,4,9-15H2,1-3H3,(H2,21,22,23);1H. The number of halogens is 1. The number of nitrogens with one attached hydrogen (secondary N) is 2. The Morgan fingerprint density at radius 3 is 2.41 bits per heavy atom. The lowest BCUT2D eigenvalue weighted by molar-refractivity contribution is 0.255. The maximum atomic E-state index is 5.24. The molecule has 2 unspecified atom stereocenters. The first-order chi connectivity index (χ1) is 12.7. The van der Waals surface area contributed by atoms with Crippen molar-refractivity contribution in [3.63, 3.8) is 0 Å². The van der Waals surface area contributed by atoms with Gasteiger partial charge in [-0.15, -0.1) is 24.0 Å². The fourth-order valence-electron chi connectivity index (χ4n) is 3.43. The lowest BCUT2D eigenvalue weighted by atomic mass is 10.2. The Morgan fingerprint density at radius 2 is 1.85 bits per heavy atom. The number of rotatable bonds is 7. The smallest absolute Gasteiger partial charge is 0.191 e. The summed E-state index contributed by atoms with van der Waals surface area (Å²) in [6.07, 6.45) is 2.41. The summed E-state index contributed by atoms with van der Waals surface area (Å²) in [5.41, 5.74) is 1.29. The van der Waals surface area contributed by atoms with Crippen LogP contribution in [-0.4, -0.2) is 70.3 Å².